The van der Waals surface area contributed by atoms with E-state index in [1.165, 1.54) is 6.07 Å². The SMILES string of the molecule is Cc1ccc(NC(=O)CCC(=O)Nc2ccc(Cl)cc2C(=O)c2ccccc2)cc1. The molecule has 2 N–H and O–H groups in total. The Hall–Kier alpha value is -3.44. The van der Waals surface area contributed by atoms with Crippen LogP contribution in [0.4, 0.5) is 11.4 Å². The first-order chi connectivity index (χ1) is 14.4. The second kappa shape index (κ2) is 9.85. The average Bonchev–Trinajstić information content (AvgIpc) is 2.75. The lowest BCUT2D eigenvalue weighted by atomic mass is 10.0. The van der Waals surface area contributed by atoms with Gasteiger partial charge in [0.1, 0.15) is 0 Å². The maximum absolute atomic E-state index is 12.8. The molecule has 0 aromatic heterocycles. The zero-order valence-electron chi connectivity index (χ0n) is 16.4. The van der Waals surface area contributed by atoms with Gasteiger partial charge in [0.2, 0.25) is 11.8 Å². The third-order valence-electron chi connectivity index (χ3n) is 4.45. The van der Waals surface area contributed by atoms with Gasteiger partial charge in [0.25, 0.3) is 0 Å². The Morgan fingerprint density at radius 1 is 0.800 bits per heavy atom. The van der Waals surface area contributed by atoms with E-state index in [0.29, 0.717) is 27.5 Å². The van der Waals surface area contributed by atoms with Crippen molar-refractivity contribution in [3.63, 3.8) is 0 Å². The quantitative estimate of drug-likeness (QED) is 0.513. The fraction of sp³-hybridized carbons (Fsp3) is 0.125. The first kappa shape index (κ1) is 21.3. The molecule has 0 radical (unpaired) electrons. The van der Waals surface area contributed by atoms with E-state index in [2.05, 4.69) is 10.6 Å². The first-order valence-corrected chi connectivity index (χ1v) is 9.86. The van der Waals surface area contributed by atoms with Gasteiger partial charge in [-0.05, 0) is 37.3 Å². The monoisotopic (exact) mass is 420 g/mol. The molecule has 0 aliphatic heterocycles. The molecule has 0 bridgehead atoms. The number of carbonyl (C=O) groups excluding carboxylic acids is 3. The molecule has 0 fully saturated rings. The summed E-state index contributed by atoms with van der Waals surface area (Å²) in [6.45, 7) is 1.96. The standard InChI is InChI=1S/C24H21ClN2O3/c1-16-7-10-19(11-8-16)26-22(28)13-14-23(29)27-21-12-9-18(25)15-20(21)24(30)17-5-3-2-4-6-17/h2-12,15H,13-14H2,1H3,(H,26,28)(H,27,29). The lowest BCUT2D eigenvalue weighted by molar-refractivity contribution is -0.121. The van der Waals surface area contributed by atoms with Gasteiger partial charge < -0.3 is 10.6 Å². The Balaban J connectivity index is 1.63. The van der Waals surface area contributed by atoms with E-state index in [0.717, 1.165) is 5.56 Å². The van der Waals surface area contributed by atoms with Crippen molar-refractivity contribution in [3.8, 4) is 0 Å². The number of rotatable bonds is 7. The van der Waals surface area contributed by atoms with Crippen LogP contribution in [0.3, 0.4) is 0 Å². The Morgan fingerprint density at radius 2 is 1.43 bits per heavy atom. The van der Waals surface area contributed by atoms with Crippen molar-refractivity contribution in [2.45, 2.75) is 19.8 Å². The number of anilines is 2. The molecule has 6 heteroatoms. The highest BCUT2D eigenvalue weighted by Gasteiger charge is 2.16. The fourth-order valence-corrected chi connectivity index (χ4v) is 3.03. The summed E-state index contributed by atoms with van der Waals surface area (Å²) in [6.07, 6.45) is 0.00849. The van der Waals surface area contributed by atoms with Crippen LogP contribution in [0.1, 0.15) is 34.3 Å². The summed E-state index contributed by atoms with van der Waals surface area (Å²) in [5.74, 6) is -0.866. The number of amides is 2. The van der Waals surface area contributed by atoms with Gasteiger partial charge in [-0.2, -0.15) is 0 Å². The minimum atomic E-state index is -0.363. The van der Waals surface area contributed by atoms with Gasteiger partial charge in [-0.15, -0.1) is 0 Å². The topological polar surface area (TPSA) is 75.3 Å². The highest BCUT2D eigenvalue weighted by molar-refractivity contribution is 6.31. The zero-order valence-corrected chi connectivity index (χ0v) is 17.2. The molecule has 0 heterocycles. The van der Waals surface area contributed by atoms with Crippen molar-refractivity contribution in [1.82, 2.24) is 0 Å². The van der Waals surface area contributed by atoms with Crippen molar-refractivity contribution in [2.75, 3.05) is 10.6 Å². The van der Waals surface area contributed by atoms with Crippen molar-refractivity contribution < 1.29 is 14.4 Å². The molecule has 2 amide bonds. The summed E-state index contributed by atoms with van der Waals surface area (Å²) in [6, 6.07) is 20.9. The Labute approximate surface area is 180 Å². The van der Waals surface area contributed by atoms with Crippen molar-refractivity contribution in [3.05, 3.63) is 94.5 Å². The summed E-state index contributed by atoms with van der Waals surface area (Å²) < 4.78 is 0. The van der Waals surface area contributed by atoms with Gasteiger partial charge in [0, 0.05) is 34.7 Å². The van der Waals surface area contributed by atoms with E-state index in [-0.39, 0.29) is 30.4 Å². The summed E-state index contributed by atoms with van der Waals surface area (Å²) in [5, 5.41) is 5.87. The number of nitrogens with one attached hydrogen (secondary N) is 2. The normalized spacial score (nSPS) is 10.3. The largest absolute Gasteiger partial charge is 0.326 e. The molecule has 0 atom stereocenters. The lowest BCUT2D eigenvalue weighted by Crippen LogP contribution is -2.18. The number of aryl methyl sites for hydroxylation is 1. The molecule has 0 aliphatic carbocycles. The minimum absolute atomic E-state index is 0.0146. The van der Waals surface area contributed by atoms with E-state index < -0.39 is 0 Å². The Bertz CT molecular complexity index is 1060. The number of hydrogen-bond donors (Lipinski definition) is 2. The summed E-state index contributed by atoms with van der Waals surface area (Å²) >= 11 is 6.06. The van der Waals surface area contributed by atoms with Crippen molar-refractivity contribution in [2.24, 2.45) is 0 Å². The number of halogens is 1. The number of ketones is 1. The van der Waals surface area contributed by atoms with Crippen molar-refractivity contribution >= 4 is 40.6 Å². The van der Waals surface area contributed by atoms with E-state index in [1.807, 2.05) is 37.3 Å². The molecule has 0 unspecified atom stereocenters. The van der Waals surface area contributed by atoms with Crippen LogP contribution < -0.4 is 10.6 Å². The van der Waals surface area contributed by atoms with Crippen LogP contribution in [0.2, 0.25) is 5.02 Å². The van der Waals surface area contributed by atoms with Gasteiger partial charge in [-0.25, -0.2) is 0 Å². The van der Waals surface area contributed by atoms with Crippen LogP contribution in [-0.2, 0) is 9.59 Å². The van der Waals surface area contributed by atoms with E-state index in [1.54, 1.807) is 36.4 Å². The van der Waals surface area contributed by atoms with Gasteiger partial charge in [-0.1, -0.05) is 59.6 Å². The van der Waals surface area contributed by atoms with E-state index in [9.17, 15) is 14.4 Å². The number of hydrogen-bond acceptors (Lipinski definition) is 3. The highest BCUT2D eigenvalue weighted by atomic mass is 35.5. The zero-order chi connectivity index (χ0) is 21.5. The van der Waals surface area contributed by atoms with Crippen LogP contribution in [0.25, 0.3) is 0 Å². The molecule has 3 aromatic rings. The Kier molecular flexibility index (Phi) is 6.99. The van der Waals surface area contributed by atoms with E-state index >= 15 is 0 Å². The predicted molar refractivity (Wildman–Crippen MR) is 119 cm³/mol. The second-order valence-electron chi connectivity index (χ2n) is 6.85. The average molecular weight is 421 g/mol. The fourth-order valence-electron chi connectivity index (χ4n) is 2.86. The molecule has 0 spiro atoms. The van der Waals surface area contributed by atoms with Crippen LogP contribution in [-0.4, -0.2) is 17.6 Å². The van der Waals surface area contributed by atoms with Crippen LogP contribution in [0.5, 0.6) is 0 Å². The second-order valence-corrected chi connectivity index (χ2v) is 7.28. The third kappa shape index (κ3) is 5.78. The molecule has 152 valence electrons. The van der Waals surface area contributed by atoms with Crippen LogP contribution >= 0.6 is 11.6 Å². The minimum Gasteiger partial charge on any atom is -0.326 e. The maximum Gasteiger partial charge on any atom is 0.224 e. The van der Waals surface area contributed by atoms with Gasteiger partial charge in [0.05, 0.1) is 5.69 Å². The van der Waals surface area contributed by atoms with Gasteiger partial charge >= 0.3 is 0 Å². The molecule has 0 aliphatic rings. The lowest BCUT2D eigenvalue weighted by Gasteiger charge is -2.11. The third-order valence-corrected chi connectivity index (χ3v) is 4.69. The van der Waals surface area contributed by atoms with Crippen LogP contribution in [0, 0.1) is 6.92 Å². The van der Waals surface area contributed by atoms with Gasteiger partial charge in [0.15, 0.2) is 5.78 Å². The molecule has 0 saturated carbocycles. The van der Waals surface area contributed by atoms with E-state index in [4.69, 9.17) is 11.6 Å². The summed E-state index contributed by atoms with van der Waals surface area (Å²) in [7, 11) is 0. The Morgan fingerprint density at radius 3 is 2.10 bits per heavy atom. The molecular formula is C24H21ClN2O3. The highest BCUT2D eigenvalue weighted by Crippen LogP contribution is 2.24. The van der Waals surface area contributed by atoms with Crippen LogP contribution in [0.15, 0.2) is 72.8 Å². The smallest absolute Gasteiger partial charge is 0.224 e. The number of carbonyl (C=O) groups is 3. The summed E-state index contributed by atoms with van der Waals surface area (Å²) in [4.78, 5) is 37.3. The first-order valence-electron chi connectivity index (χ1n) is 9.48. The maximum atomic E-state index is 12.8. The number of benzene rings is 3. The van der Waals surface area contributed by atoms with Crippen molar-refractivity contribution in [1.29, 1.82) is 0 Å². The predicted octanol–water partition coefficient (Wildman–Crippen LogP) is 5.24. The molecule has 5 nitrogen and oxygen atoms in total. The molecular weight excluding hydrogens is 400 g/mol. The van der Waals surface area contributed by atoms with Gasteiger partial charge in [-0.3, -0.25) is 14.4 Å². The summed E-state index contributed by atoms with van der Waals surface area (Å²) in [5.41, 5.74) is 2.92. The molecule has 3 rings (SSSR count). The molecule has 3 aromatic carbocycles. The molecule has 30 heavy (non-hydrogen) atoms. The molecule has 0 saturated heterocycles.